The van der Waals surface area contributed by atoms with Gasteiger partial charge in [0, 0.05) is 25.3 Å². The number of rotatable bonds is 1. The van der Waals surface area contributed by atoms with Crippen molar-refractivity contribution in [3.05, 3.63) is 12.3 Å². The van der Waals surface area contributed by atoms with E-state index >= 15 is 0 Å². The Balaban J connectivity index is 2.50. The highest BCUT2D eigenvalue weighted by atomic mass is 127. The minimum Gasteiger partial charge on any atom is -0.361 e. The van der Waals surface area contributed by atoms with Crippen molar-refractivity contribution in [2.24, 2.45) is 0 Å². The summed E-state index contributed by atoms with van der Waals surface area (Å²) in [5, 5.41) is 0. The molecule has 3 heteroatoms. The zero-order chi connectivity index (χ0) is 8.43. The molecule has 0 aromatic rings. The molecule has 64 valence electrons. The van der Waals surface area contributed by atoms with E-state index in [2.05, 4.69) is 52.9 Å². The summed E-state index contributed by atoms with van der Waals surface area (Å²) in [6.45, 7) is 9.47. The fourth-order valence-corrected chi connectivity index (χ4v) is 2.72. The van der Waals surface area contributed by atoms with Gasteiger partial charge in [0.1, 0.15) is 0 Å². The number of hydrogen-bond donors (Lipinski definition) is 0. The zero-order valence-electron chi connectivity index (χ0n) is 7.18. The molecule has 0 saturated carbocycles. The third-order valence-electron chi connectivity index (χ3n) is 2.01. The highest BCUT2D eigenvalue weighted by Crippen LogP contribution is 2.18. The van der Waals surface area contributed by atoms with Gasteiger partial charge >= 0.3 is 0 Å². The average Bonchev–Trinajstić information content (AvgIpc) is 1.85. The molecule has 0 unspecified atom stereocenters. The predicted molar refractivity (Wildman–Crippen MR) is 56.8 cm³/mol. The Morgan fingerprint density at radius 3 is 2.64 bits per heavy atom. The molecule has 1 atom stereocenters. The number of alkyl halides is 1. The maximum atomic E-state index is 3.96. The van der Waals surface area contributed by atoms with Crippen LogP contribution in [0.1, 0.15) is 6.92 Å². The summed E-state index contributed by atoms with van der Waals surface area (Å²) in [6, 6.07) is 0. The average molecular weight is 266 g/mol. The van der Waals surface area contributed by atoms with Crippen LogP contribution in [0.2, 0.25) is 0 Å². The molecule has 0 N–H and O–H groups in total. The maximum absolute atomic E-state index is 3.96. The van der Waals surface area contributed by atoms with Gasteiger partial charge in [0.2, 0.25) is 0 Å². The summed E-state index contributed by atoms with van der Waals surface area (Å²) >= 11 is 2.47. The smallest absolute Gasteiger partial charge is 0.0932 e. The molecule has 0 aromatic heterocycles. The lowest BCUT2D eigenvalue weighted by Gasteiger charge is -2.38. The van der Waals surface area contributed by atoms with E-state index in [1.54, 1.807) is 0 Å². The van der Waals surface area contributed by atoms with Crippen molar-refractivity contribution in [3.63, 3.8) is 0 Å². The standard InChI is InChI=1S/C8H15IN2/c1-7(2)11-5-4-10(3)6-8(11)9/h8H,1,4-6H2,2-3H3/t8-/m1/s1. The minimum absolute atomic E-state index is 0.601. The van der Waals surface area contributed by atoms with E-state index in [0.717, 1.165) is 19.6 Å². The second-order valence-electron chi connectivity index (χ2n) is 3.13. The molecule has 2 nitrogen and oxygen atoms in total. The maximum Gasteiger partial charge on any atom is 0.0932 e. The van der Waals surface area contributed by atoms with Crippen LogP contribution < -0.4 is 0 Å². The third kappa shape index (κ3) is 2.33. The van der Waals surface area contributed by atoms with E-state index < -0.39 is 0 Å². The number of likely N-dealkylation sites (N-methyl/N-ethyl adjacent to an activating group) is 1. The number of halogens is 1. The van der Waals surface area contributed by atoms with Crippen LogP contribution in [0.3, 0.4) is 0 Å². The molecule has 11 heavy (non-hydrogen) atoms. The van der Waals surface area contributed by atoms with Crippen molar-refractivity contribution < 1.29 is 0 Å². The van der Waals surface area contributed by atoms with Gasteiger partial charge in [-0.3, -0.25) is 0 Å². The molecule has 0 spiro atoms. The van der Waals surface area contributed by atoms with Crippen molar-refractivity contribution >= 4 is 22.6 Å². The predicted octanol–water partition coefficient (Wildman–Crippen LogP) is 1.53. The number of piperazine rings is 1. The fraction of sp³-hybridized carbons (Fsp3) is 0.750. The molecular weight excluding hydrogens is 251 g/mol. The molecule has 1 rings (SSSR count). The summed E-state index contributed by atoms with van der Waals surface area (Å²) in [6.07, 6.45) is 0. The normalized spacial score (nSPS) is 27.2. The van der Waals surface area contributed by atoms with E-state index in [0.29, 0.717) is 4.05 Å². The highest BCUT2D eigenvalue weighted by molar-refractivity contribution is 14.1. The van der Waals surface area contributed by atoms with Gasteiger partial charge in [-0.25, -0.2) is 0 Å². The summed E-state index contributed by atoms with van der Waals surface area (Å²) in [7, 11) is 2.17. The van der Waals surface area contributed by atoms with Gasteiger partial charge in [-0.2, -0.15) is 0 Å². The Morgan fingerprint density at radius 1 is 1.55 bits per heavy atom. The Labute approximate surface area is 82.4 Å². The lowest BCUT2D eigenvalue weighted by Crippen LogP contribution is -2.47. The third-order valence-corrected chi connectivity index (χ3v) is 3.08. The molecule has 0 aliphatic carbocycles. The van der Waals surface area contributed by atoms with Crippen LogP contribution in [0.4, 0.5) is 0 Å². The fourth-order valence-electron chi connectivity index (χ4n) is 1.30. The zero-order valence-corrected chi connectivity index (χ0v) is 9.34. The van der Waals surface area contributed by atoms with Crippen LogP contribution in [-0.4, -0.2) is 40.5 Å². The molecule has 0 radical (unpaired) electrons. The quantitative estimate of drug-likeness (QED) is 0.403. The van der Waals surface area contributed by atoms with Crippen molar-refractivity contribution in [2.45, 2.75) is 11.0 Å². The van der Waals surface area contributed by atoms with E-state index in [1.165, 1.54) is 5.70 Å². The van der Waals surface area contributed by atoms with E-state index in [4.69, 9.17) is 0 Å². The summed E-state index contributed by atoms with van der Waals surface area (Å²) in [5.74, 6) is 0. The van der Waals surface area contributed by atoms with Gasteiger partial charge in [0.15, 0.2) is 0 Å². The first-order chi connectivity index (χ1) is 5.11. The Morgan fingerprint density at radius 2 is 2.18 bits per heavy atom. The van der Waals surface area contributed by atoms with E-state index in [1.807, 2.05) is 0 Å². The largest absolute Gasteiger partial charge is 0.361 e. The highest BCUT2D eigenvalue weighted by Gasteiger charge is 2.21. The second kappa shape index (κ2) is 3.76. The van der Waals surface area contributed by atoms with Crippen LogP contribution in [0.25, 0.3) is 0 Å². The molecule has 1 heterocycles. The number of hydrogen-bond acceptors (Lipinski definition) is 2. The van der Waals surface area contributed by atoms with Crippen LogP contribution in [0, 0.1) is 0 Å². The SMILES string of the molecule is C=C(C)N1CCN(C)C[C@@H]1I. The second-order valence-corrected chi connectivity index (χ2v) is 4.56. The van der Waals surface area contributed by atoms with Crippen LogP contribution in [0.15, 0.2) is 12.3 Å². The Kier molecular flexibility index (Phi) is 3.18. The summed E-state index contributed by atoms with van der Waals surface area (Å²) in [5.41, 5.74) is 1.19. The first-order valence-corrected chi connectivity index (χ1v) is 5.10. The molecule has 1 aliphatic heterocycles. The topological polar surface area (TPSA) is 6.48 Å². The van der Waals surface area contributed by atoms with Gasteiger partial charge in [0.25, 0.3) is 0 Å². The van der Waals surface area contributed by atoms with Crippen LogP contribution in [-0.2, 0) is 0 Å². The lowest BCUT2D eigenvalue weighted by atomic mass is 10.3. The molecular formula is C8H15IN2. The van der Waals surface area contributed by atoms with Crippen LogP contribution >= 0.6 is 22.6 Å². The van der Waals surface area contributed by atoms with Crippen LogP contribution in [0.5, 0.6) is 0 Å². The Hall–Kier alpha value is 0.230. The summed E-state index contributed by atoms with van der Waals surface area (Å²) in [4.78, 5) is 4.72. The number of nitrogens with zero attached hydrogens (tertiary/aromatic N) is 2. The molecule has 0 bridgehead atoms. The van der Waals surface area contributed by atoms with Gasteiger partial charge in [0.05, 0.1) is 4.05 Å². The molecule has 1 aliphatic rings. The Bertz CT molecular complexity index is 158. The summed E-state index contributed by atoms with van der Waals surface area (Å²) < 4.78 is 0.601. The van der Waals surface area contributed by atoms with Gasteiger partial charge < -0.3 is 9.80 Å². The van der Waals surface area contributed by atoms with Gasteiger partial charge in [-0.15, -0.1) is 0 Å². The van der Waals surface area contributed by atoms with Crippen molar-refractivity contribution in [3.8, 4) is 0 Å². The first-order valence-electron chi connectivity index (χ1n) is 3.86. The van der Waals surface area contributed by atoms with E-state index in [9.17, 15) is 0 Å². The molecule has 1 fully saturated rings. The minimum atomic E-state index is 0.601. The first kappa shape index (κ1) is 9.32. The van der Waals surface area contributed by atoms with Gasteiger partial charge in [-0.05, 0) is 14.0 Å². The van der Waals surface area contributed by atoms with Crippen molar-refractivity contribution in [1.82, 2.24) is 9.80 Å². The van der Waals surface area contributed by atoms with Crippen molar-refractivity contribution in [2.75, 3.05) is 26.7 Å². The lowest BCUT2D eigenvalue weighted by molar-refractivity contribution is 0.177. The molecule has 0 amide bonds. The van der Waals surface area contributed by atoms with E-state index in [-0.39, 0.29) is 0 Å². The molecule has 1 saturated heterocycles. The van der Waals surface area contributed by atoms with Crippen molar-refractivity contribution in [1.29, 1.82) is 0 Å². The molecule has 0 aromatic carbocycles. The number of allylic oxidation sites excluding steroid dienone is 1. The van der Waals surface area contributed by atoms with Gasteiger partial charge in [-0.1, -0.05) is 29.2 Å². The monoisotopic (exact) mass is 266 g/mol.